The van der Waals surface area contributed by atoms with E-state index in [9.17, 15) is 4.79 Å². The number of nitrogens with one attached hydrogen (secondary N) is 2. The normalized spacial score (nSPS) is 11.9. The van der Waals surface area contributed by atoms with Crippen molar-refractivity contribution >= 4 is 5.91 Å². The number of carbonyl (C=O) groups is 1. The van der Waals surface area contributed by atoms with Crippen LogP contribution in [0.15, 0.2) is 24.3 Å². The van der Waals surface area contributed by atoms with Crippen LogP contribution in [0.5, 0.6) is 5.75 Å². The van der Waals surface area contributed by atoms with Gasteiger partial charge in [-0.3, -0.25) is 4.79 Å². The van der Waals surface area contributed by atoms with Crippen LogP contribution in [0.4, 0.5) is 0 Å². The molecule has 1 unspecified atom stereocenters. The van der Waals surface area contributed by atoms with Gasteiger partial charge >= 0.3 is 0 Å². The molecule has 18 heavy (non-hydrogen) atoms. The van der Waals surface area contributed by atoms with Crippen molar-refractivity contribution in [3.05, 3.63) is 29.8 Å². The SMILES string of the molecule is CCC(C)NCC(=O)NCc1cccc(OC)c1. The van der Waals surface area contributed by atoms with Crippen molar-refractivity contribution in [1.29, 1.82) is 0 Å². The first-order valence-electron chi connectivity index (χ1n) is 6.28. The summed E-state index contributed by atoms with van der Waals surface area (Å²) in [6.07, 6.45) is 1.02. The van der Waals surface area contributed by atoms with E-state index in [1.54, 1.807) is 7.11 Å². The molecular weight excluding hydrogens is 228 g/mol. The molecule has 1 amide bonds. The fraction of sp³-hybridized carbons (Fsp3) is 0.500. The van der Waals surface area contributed by atoms with Gasteiger partial charge in [-0.15, -0.1) is 0 Å². The van der Waals surface area contributed by atoms with Crippen molar-refractivity contribution in [1.82, 2.24) is 10.6 Å². The van der Waals surface area contributed by atoms with Crippen molar-refractivity contribution in [2.24, 2.45) is 0 Å². The first-order chi connectivity index (χ1) is 8.65. The maximum absolute atomic E-state index is 11.6. The maximum atomic E-state index is 11.6. The Morgan fingerprint density at radius 2 is 2.22 bits per heavy atom. The van der Waals surface area contributed by atoms with Crippen LogP contribution < -0.4 is 15.4 Å². The lowest BCUT2D eigenvalue weighted by Gasteiger charge is -2.11. The van der Waals surface area contributed by atoms with Crippen LogP contribution in [0.25, 0.3) is 0 Å². The summed E-state index contributed by atoms with van der Waals surface area (Å²) in [4.78, 5) is 11.6. The molecule has 4 heteroatoms. The molecular formula is C14H22N2O2. The Kier molecular flexibility index (Phi) is 6.22. The van der Waals surface area contributed by atoms with Crippen LogP contribution in [0, 0.1) is 0 Å². The summed E-state index contributed by atoms with van der Waals surface area (Å²) < 4.78 is 5.13. The molecule has 1 rings (SSSR count). The van der Waals surface area contributed by atoms with Crippen LogP contribution in [0.3, 0.4) is 0 Å². The van der Waals surface area contributed by atoms with Crippen LogP contribution in [0.2, 0.25) is 0 Å². The summed E-state index contributed by atoms with van der Waals surface area (Å²) in [6, 6.07) is 8.05. The van der Waals surface area contributed by atoms with Crippen molar-refractivity contribution in [3.8, 4) is 5.75 Å². The Bertz CT molecular complexity index is 380. The Balaban J connectivity index is 2.33. The van der Waals surface area contributed by atoms with Gasteiger partial charge in [-0.25, -0.2) is 0 Å². The molecule has 0 bridgehead atoms. The summed E-state index contributed by atoms with van der Waals surface area (Å²) in [5.41, 5.74) is 1.03. The number of rotatable bonds is 7. The van der Waals surface area contributed by atoms with Gasteiger partial charge in [0.25, 0.3) is 0 Å². The Labute approximate surface area is 109 Å². The molecule has 0 spiro atoms. The highest BCUT2D eigenvalue weighted by Gasteiger charge is 2.04. The fourth-order valence-corrected chi connectivity index (χ4v) is 1.46. The minimum atomic E-state index is 0.0121. The van der Waals surface area contributed by atoms with Gasteiger partial charge in [0.05, 0.1) is 13.7 Å². The van der Waals surface area contributed by atoms with Crippen LogP contribution in [-0.4, -0.2) is 25.6 Å². The molecule has 0 aliphatic carbocycles. The number of amides is 1. The Hall–Kier alpha value is -1.55. The van der Waals surface area contributed by atoms with Crippen molar-refractivity contribution in [2.75, 3.05) is 13.7 Å². The van der Waals surface area contributed by atoms with E-state index in [4.69, 9.17) is 4.74 Å². The van der Waals surface area contributed by atoms with E-state index in [2.05, 4.69) is 24.5 Å². The number of benzene rings is 1. The topological polar surface area (TPSA) is 50.4 Å². The Morgan fingerprint density at radius 3 is 2.89 bits per heavy atom. The first-order valence-corrected chi connectivity index (χ1v) is 6.28. The molecule has 2 N–H and O–H groups in total. The smallest absolute Gasteiger partial charge is 0.234 e. The van der Waals surface area contributed by atoms with E-state index >= 15 is 0 Å². The minimum absolute atomic E-state index is 0.0121. The highest BCUT2D eigenvalue weighted by molar-refractivity contribution is 5.78. The third kappa shape index (κ3) is 5.19. The lowest BCUT2D eigenvalue weighted by molar-refractivity contribution is -0.120. The summed E-state index contributed by atoms with van der Waals surface area (Å²) in [6.45, 7) is 5.04. The molecule has 0 saturated heterocycles. The lowest BCUT2D eigenvalue weighted by Crippen LogP contribution is -2.37. The van der Waals surface area contributed by atoms with E-state index in [0.29, 0.717) is 19.1 Å². The molecule has 1 atom stereocenters. The second-order valence-electron chi connectivity index (χ2n) is 4.32. The van der Waals surface area contributed by atoms with E-state index in [1.807, 2.05) is 24.3 Å². The maximum Gasteiger partial charge on any atom is 0.234 e. The van der Waals surface area contributed by atoms with Gasteiger partial charge in [-0.05, 0) is 31.0 Å². The monoisotopic (exact) mass is 250 g/mol. The van der Waals surface area contributed by atoms with Crippen LogP contribution in [-0.2, 0) is 11.3 Å². The highest BCUT2D eigenvalue weighted by Crippen LogP contribution is 2.11. The second-order valence-corrected chi connectivity index (χ2v) is 4.32. The predicted molar refractivity (Wildman–Crippen MR) is 72.6 cm³/mol. The number of carbonyl (C=O) groups excluding carboxylic acids is 1. The van der Waals surface area contributed by atoms with Gasteiger partial charge in [0.2, 0.25) is 5.91 Å². The Morgan fingerprint density at radius 1 is 1.44 bits per heavy atom. The van der Waals surface area contributed by atoms with Gasteiger partial charge in [0.15, 0.2) is 0 Å². The predicted octanol–water partition coefficient (Wildman–Crippen LogP) is 1.70. The quantitative estimate of drug-likeness (QED) is 0.774. The van der Waals surface area contributed by atoms with E-state index in [1.165, 1.54) is 0 Å². The zero-order chi connectivity index (χ0) is 13.4. The average molecular weight is 250 g/mol. The van der Waals surface area contributed by atoms with E-state index < -0.39 is 0 Å². The van der Waals surface area contributed by atoms with E-state index in [0.717, 1.165) is 17.7 Å². The van der Waals surface area contributed by atoms with E-state index in [-0.39, 0.29) is 5.91 Å². The summed E-state index contributed by atoms with van der Waals surface area (Å²) in [5.74, 6) is 0.817. The molecule has 0 aromatic heterocycles. The summed E-state index contributed by atoms with van der Waals surface area (Å²) in [5, 5.41) is 6.03. The second kappa shape index (κ2) is 7.71. The summed E-state index contributed by atoms with van der Waals surface area (Å²) >= 11 is 0. The van der Waals surface area contributed by atoms with Crippen molar-refractivity contribution in [2.45, 2.75) is 32.9 Å². The van der Waals surface area contributed by atoms with Gasteiger partial charge in [0.1, 0.15) is 5.75 Å². The molecule has 100 valence electrons. The summed E-state index contributed by atoms with van der Waals surface area (Å²) in [7, 11) is 1.63. The molecule has 1 aromatic rings. The zero-order valence-electron chi connectivity index (χ0n) is 11.3. The van der Waals surface area contributed by atoms with Crippen molar-refractivity contribution < 1.29 is 9.53 Å². The van der Waals surface area contributed by atoms with Gasteiger partial charge in [-0.1, -0.05) is 19.1 Å². The molecule has 0 aliphatic rings. The largest absolute Gasteiger partial charge is 0.497 e. The van der Waals surface area contributed by atoms with Crippen molar-refractivity contribution in [3.63, 3.8) is 0 Å². The molecule has 4 nitrogen and oxygen atoms in total. The molecule has 0 saturated carbocycles. The third-order valence-corrected chi connectivity index (χ3v) is 2.85. The molecule has 1 aromatic carbocycles. The minimum Gasteiger partial charge on any atom is -0.497 e. The number of hydrogen-bond donors (Lipinski definition) is 2. The molecule has 0 aliphatic heterocycles. The zero-order valence-corrected chi connectivity index (χ0v) is 11.3. The highest BCUT2D eigenvalue weighted by atomic mass is 16.5. The van der Waals surface area contributed by atoms with Crippen LogP contribution in [0.1, 0.15) is 25.8 Å². The van der Waals surface area contributed by atoms with Gasteiger partial charge < -0.3 is 15.4 Å². The molecule has 0 heterocycles. The first kappa shape index (κ1) is 14.5. The standard InChI is InChI=1S/C14H22N2O2/c1-4-11(2)15-10-14(17)16-9-12-6-5-7-13(8-12)18-3/h5-8,11,15H,4,9-10H2,1-3H3,(H,16,17). The average Bonchev–Trinajstić information content (AvgIpc) is 2.42. The number of methoxy groups -OCH3 is 1. The fourth-order valence-electron chi connectivity index (χ4n) is 1.46. The third-order valence-electron chi connectivity index (χ3n) is 2.85. The molecule has 0 fully saturated rings. The molecule has 0 radical (unpaired) electrons. The number of hydrogen-bond acceptors (Lipinski definition) is 3. The van der Waals surface area contributed by atoms with Crippen LogP contribution >= 0.6 is 0 Å². The number of ether oxygens (including phenoxy) is 1. The lowest BCUT2D eigenvalue weighted by atomic mass is 10.2. The van der Waals surface area contributed by atoms with Gasteiger partial charge in [0, 0.05) is 12.6 Å². The van der Waals surface area contributed by atoms with Gasteiger partial charge in [-0.2, -0.15) is 0 Å².